The molecule has 1 aliphatic rings. The van der Waals surface area contributed by atoms with Crippen LogP contribution in [0.25, 0.3) is 0 Å². The van der Waals surface area contributed by atoms with Crippen molar-refractivity contribution in [1.82, 2.24) is 15.1 Å². The quantitative estimate of drug-likeness (QED) is 0.763. The van der Waals surface area contributed by atoms with Crippen molar-refractivity contribution in [1.29, 1.82) is 0 Å². The molecule has 0 unspecified atom stereocenters. The number of nitrogens with zero attached hydrogens (tertiary/aromatic N) is 2. The predicted octanol–water partition coefficient (Wildman–Crippen LogP) is 0.00250. The van der Waals surface area contributed by atoms with E-state index in [0.717, 1.165) is 19.6 Å². The van der Waals surface area contributed by atoms with E-state index in [1.807, 2.05) is 20.8 Å². The highest BCUT2D eigenvalue weighted by Crippen LogP contribution is 2.06. The Morgan fingerprint density at radius 2 is 1.81 bits per heavy atom. The number of hydrogen-bond donors (Lipinski definition) is 2. The molecular weight excluding hydrogens is 272 g/mol. The molecule has 0 aromatic carbocycles. The Balaban J connectivity index is 2.19. The standard InChI is InChI=1S/C14H28N4O3/c1-11(15)12(19)18-9-7-17(8-10-18)6-5-16-13(20)21-14(2,3)4/h11H,5-10,15H2,1-4H3,(H,16,20)/t11-/m1/s1. The van der Waals surface area contributed by atoms with E-state index in [-0.39, 0.29) is 5.91 Å². The third kappa shape index (κ3) is 6.77. The number of piperazine rings is 1. The average Bonchev–Trinajstić information content (AvgIpc) is 2.36. The van der Waals surface area contributed by atoms with Crippen molar-refractivity contribution in [2.24, 2.45) is 5.73 Å². The molecule has 1 rings (SSSR count). The second kappa shape index (κ2) is 7.61. The van der Waals surface area contributed by atoms with Gasteiger partial charge in [0.05, 0.1) is 6.04 Å². The first-order valence-corrected chi connectivity index (χ1v) is 7.42. The van der Waals surface area contributed by atoms with Crippen LogP contribution in [0.2, 0.25) is 0 Å². The van der Waals surface area contributed by atoms with Gasteiger partial charge in [-0.2, -0.15) is 0 Å². The maximum absolute atomic E-state index is 11.7. The molecule has 21 heavy (non-hydrogen) atoms. The van der Waals surface area contributed by atoms with Gasteiger partial charge in [0.25, 0.3) is 0 Å². The van der Waals surface area contributed by atoms with Gasteiger partial charge < -0.3 is 20.7 Å². The summed E-state index contributed by atoms with van der Waals surface area (Å²) in [6.07, 6.45) is -0.395. The van der Waals surface area contributed by atoms with Gasteiger partial charge in [-0.05, 0) is 27.7 Å². The van der Waals surface area contributed by atoms with Gasteiger partial charge in [0.15, 0.2) is 0 Å². The Bertz CT molecular complexity index is 358. The molecule has 0 saturated carbocycles. The first-order valence-electron chi connectivity index (χ1n) is 7.42. The van der Waals surface area contributed by atoms with Crippen LogP contribution < -0.4 is 11.1 Å². The van der Waals surface area contributed by atoms with Gasteiger partial charge in [-0.3, -0.25) is 9.69 Å². The van der Waals surface area contributed by atoms with Crippen LogP contribution in [0.5, 0.6) is 0 Å². The lowest BCUT2D eigenvalue weighted by atomic mass is 10.2. The molecule has 2 amide bonds. The summed E-state index contributed by atoms with van der Waals surface area (Å²) >= 11 is 0. The van der Waals surface area contributed by atoms with Crippen molar-refractivity contribution in [3.8, 4) is 0 Å². The van der Waals surface area contributed by atoms with Crippen molar-refractivity contribution in [2.75, 3.05) is 39.3 Å². The first-order chi connectivity index (χ1) is 9.69. The Morgan fingerprint density at radius 3 is 2.29 bits per heavy atom. The number of ether oxygens (including phenoxy) is 1. The van der Waals surface area contributed by atoms with Crippen LogP contribution in [0.4, 0.5) is 4.79 Å². The highest BCUT2D eigenvalue weighted by molar-refractivity contribution is 5.81. The summed E-state index contributed by atoms with van der Waals surface area (Å²) in [5, 5.41) is 2.74. The number of rotatable bonds is 4. The summed E-state index contributed by atoms with van der Waals surface area (Å²) in [4.78, 5) is 27.3. The van der Waals surface area contributed by atoms with Gasteiger partial charge in [-0.1, -0.05) is 0 Å². The molecule has 0 aromatic rings. The van der Waals surface area contributed by atoms with Gasteiger partial charge in [0.1, 0.15) is 5.60 Å². The van der Waals surface area contributed by atoms with Crippen LogP contribution in [0, 0.1) is 0 Å². The largest absolute Gasteiger partial charge is 0.444 e. The van der Waals surface area contributed by atoms with E-state index in [4.69, 9.17) is 10.5 Å². The normalized spacial score (nSPS) is 18.2. The summed E-state index contributed by atoms with van der Waals surface area (Å²) in [5.74, 6) is 0.00142. The van der Waals surface area contributed by atoms with Crippen LogP contribution in [0.1, 0.15) is 27.7 Å². The van der Waals surface area contributed by atoms with E-state index in [9.17, 15) is 9.59 Å². The average molecular weight is 300 g/mol. The van der Waals surface area contributed by atoms with Gasteiger partial charge >= 0.3 is 6.09 Å². The first kappa shape index (κ1) is 17.7. The number of hydrogen-bond acceptors (Lipinski definition) is 5. The van der Waals surface area contributed by atoms with Gasteiger partial charge in [0.2, 0.25) is 5.91 Å². The molecule has 1 aliphatic heterocycles. The summed E-state index contributed by atoms with van der Waals surface area (Å²) < 4.78 is 5.17. The Hall–Kier alpha value is -1.34. The van der Waals surface area contributed by atoms with Gasteiger partial charge in [-0.15, -0.1) is 0 Å². The molecule has 1 atom stereocenters. The highest BCUT2D eigenvalue weighted by atomic mass is 16.6. The van der Waals surface area contributed by atoms with Gasteiger partial charge in [-0.25, -0.2) is 4.79 Å². The zero-order chi connectivity index (χ0) is 16.0. The lowest BCUT2D eigenvalue weighted by Gasteiger charge is -2.35. The lowest BCUT2D eigenvalue weighted by molar-refractivity contribution is -0.133. The maximum Gasteiger partial charge on any atom is 0.407 e. The molecule has 0 spiro atoms. The molecule has 1 fully saturated rings. The lowest BCUT2D eigenvalue weighted by Crippen LogP contribution is -2.53. The smallest absolute Gasteiger partial charge is 0.407 e. The van der Waals surface area contributed by atoms with E-state index in [0.29, 0.717) is 19.6 Å². The van der Waals surface area contributed by atoms with Crippen LogP contribution in [-0.4, -0.2) is 72.7 Å². The molecule has 0 radical (unpaired) electrons. The van der Waals surface area contributed by atoms with Crippen LogP contribution in [0.3, 0.4) is 0 Å². The molecule has 122 valence electrons. The Labute approximate surface area is 126 Å². The monoisotopic (exact) mass is 300 g/mol. The van der Waals surface area contributed by atoms with E-state index in [1.54, 1.807) is 11.8 Å². The van der Waals surface area contributed by atoms with Gasteiger partial charge in [0, 0.05) is 39.3 Å². The van der Waals surface area contributed by atoms with E-state index in [1.165, 1.54) is 0 Å². The minimum absolute atomic E-state index is 0.00142. The molecule has 0 aliphatic carbocycles. The minimum atomic E-state index is -0.477. The minimum Gasteiger partial charge on any atom is -0.444 e. The zero-order valence-electron chi connectivity index (χ0n) is 13.5. The molecule has 0 bridgehead atoms. The number of carbonyl (C=O) groups is 2. The fourth-order valence-corrected chi connectivity index (χ4v) is 2.11. The third-order valence-corrected chi connectivity index (χ3v) is 3.17. The third-order valence-electron chi connectivity index (χ3n) is 3.17. The number of carbonyl (C=O) groups excluding carboxylic acids is 2. The molecule has 7 nitrogen and oxygen atoms in total. The molecule has 7 heteroatoms. The topological polar surface area (TPSA) is 87.9 Å². The fraction of sp³-hybridized carbons (Fsp3) is 0.857. The van der Waals surface area contributed by atoms with Crippen molar-refractivity contribution in [3.05, 3.63) is 0 Å². The van der Waals surface area contributed by atoms with Crippen molar-refractivity contribution < 1.29 is 14.3 Å². The van der Waals surface area contributed by atoms with E-state index >= 15 is 0 Å². The zero-order valence-corrected chi connectivity index (χ0v) is 13.5. The SMILES string of the molecule is C[C@@H](N)C(=O)N1CCN(CCNC(=O)OC(C)(C)C)CC1. The number of nitrogens with one attached hydrogen (secondary N) is 1. The van der Waals surface area contributed by atoms with Crippen molar-refractivity contribution >= 4 is 12.0 Å². The maximum atomic E-state index is 11.7. The summed E-state index contributed by atoms with van der Waals surface area (Å²) in [6.45, 7) is 11.5. The van der Waals surface area contributed by atoms with Crippen LogP contribution >= 0.6 is 0 Å². The summed E-state index contributed by atoms with van der Waals surface area (Å²) in [6, 6.07) is -0.439. The second-order valence-electron chi connectivity index (χ2n) is 6.38. The second-order valence-corrected chi connectivity index (χ2v) is 6.38. The molecule has 3 N–H and O–H groups in total. The predicted molar refractivity (Wildman–Crippen MR) is 80.9 cm³/mol. The molecule has 1 saturated heterocycles. The molecular formula is C14H28N4O3. The summed E-state index contributed by atoms with van der Waals surface area (Å²) in [7, 11) is 0. The highest BCUT2D eigenvalue weighted by Gasteiger charge is 2.23. The van der Waals surface area contributed by atoms with E-state index < -0.39 is 17.7 Å². The fourth-order valence-electron chi connectivity index (χ4n) is 2.11. The van der Waals surface area contributed by atoms with Crippen molar-refractivity contribution in [2.45, 2.75) is 39.3 Å². The molecule has 1 heterocycles. The van der Waals surface area contributed by atoms with Crippen LogP contribution in [0.15, 0.2) is 0 Å². The van der Waals surface area contributed by atoms with Crippen LogP contribution in [-0.2, 0) is 9.53 Å². The summed E-state index contributed by atoms with van der Waals surface area (Å²) in [5.41, 5.74) is 5.12. The molecule has 0 aromatic heterocycles. The number of alkyl carbamates (subject to hydrolysis) is 1. The number of amides is 2. The van der Waals surface area contributed by atoms with Crippen molar-refractivity contribution in [3.63, 3.8) is 0 Å². The van der Waals surface area contributed by atoms with E-state index in [2.05, 4.69) is 10.2 Å². The Morgan fingerprint density at radius 1 is 1.24 bits per heavy atom. The Kier molecular flexibility index (Phi) is 6.42. The number of nitrogens with two attached hydrogens (primary N) is 1.